The smallest absolute Gasteiger partial charge is 0.257 e. The minimum absolute atomic E-state index is 0.00161. The Bertz CT molecular complexity index is 1170. The molecule has 2 aromatic rings. The predicted octanol–water partition coefficient (Wildman–Crippen LogP) is 3.30. The number of fused-ring (bicyclic) bond motifs is 1. The number of aromatic nitrogens is 1. The molecule has 1 unspecified atom stereocenters. The van der Waals surface area contributed by atoms with Crippen LogP contribution < -0.4 is 5.73 Å². The van der Waals surface area contributed by atoms with Gasteiger partial charge in [0.1, 0.15) is 15.7 Å². The third-order valence-electron chi connectivity index (χ3n) is 7.56. The molecule has 2 N–H and O–H groups in total. The second-order valence-corrected chi connectivity index (χ2v) is 11.2. The molecule has 2 saturated heterocycles. The zero-order valence-corrected chi connectivity index (χ0v) is 21.3. The summed E-state index contributed by atoms with van der Waals surface area (Å²) >= 11 is 1.38. The Balaban J connectivity index is 1.27. The summed E-state index contributed by atoms with van der Waals surface area (Å²) < 4.78 is 0. The number of rotatable bonds is 3. The highest BCUT2D eigenvalue weighted by atomic mass is 32.1. The molecule has 0 bridgehead atoms. The first-order valence-electron chi connectivity index (χ1n) is 12.3. The van der Waals surface area contributed by atoms with Gasteiger partial charge >= 0.3 is 0 Å². The molecule has 3 aliphatic heterocycles. The number of nitrogen functional groups attached to an aromatic ring is 1. The number of likely N-dealkylation sites (tertiary alicyclic amines) is 2. The number of hydrogen-bond acceptors (Lipinski definition) is 7. The van der Waals surface area contributed by atoms with Crippen molar-refractivity contribution in [3.63, 3.8) is 0 Å². The van der Waals surface area contributed by atoms with Crippen molar-refractivity contribution in [3.05, 3.63) is 23.4 Å². The maximum Gasteiger partial charge on any atom is 0.257 e. The maximum absolute atomic E-state index is 13.4. The number of piperidine rings is 2. The fourth-order valence-corrected chi connectivity index (χ4v) is 6.92. The molecular weight excluding hydrogens is 448 g/mol. The normalized spacial score (nSPS) is 24.6. The minimum Gasteiger partial charge on any atom is -0.390 e. The molecule has 34 heavy (non-hydrogen) atoms. The van der Waals surface area contributed by atoms with Crippen molar-refractivity contribution in [1.29, 1.82) is 0 Å². The Kier molecular flexibility index (Phi) is 5.88. The van der Waals surface area contributed by atoms with Gasteiger partial charge in [-0.2, -0.15) is 0 Å². The summed E-state index contributed by atoms with van der Waals surface area (Å²) in [5, 5.41) is 1.39. The Morgan fingerprint density at radius 2 is 1.94 bits per heavy atom. The van der Waals surface area contributed by atoms with E-state index < -0.39 is 5.54 Å². The van der Waals surface area contributed by atoms with Crippen molar-refractivity contribution in [1.82, 2.24) is 19.7 Å². The lowest BCUT2D eigenvalue weighted by Gasteiger charge is -2.44. The molecule has 0 radical (unpaired) electrons. The van der Waals surface area contributed by atoms with E-state index in [1.807, 2.05) is 49.6 Å². The van der Waals surface area contributed by atoms with Gasteiger partial charge in [0.25, 0.3) is 11.8 Å². The summed E-state index contributed by atoms with van der Waals surface area (Å²) in [6.07, 6.45) is 3.58. The van der Waals surface area contributed by atoms with E-state index in [1.54, 1.807) is 0 Å². The molecule has 8 nitrogen and oxygen atoms in total. The molecule has 3 aliphatic rings. The van der Waals surface area contributed by atoms with E-state index in [0.29, 0.717) is 36.2 Å². The molecule has 2 amide bonds. The number of amides is 2. The molecule has 5 heterocycles. The molecular formula is C25H34N6O2S. The highest BCUT2D eigenvalue weighted by Crippen LogP contribution is 2.37. The molecule has 5 rings (SSSR count). The third-order valence-corrected chi connectivity index (χ3v) is 8.49. The molecule has 0 saturated carbocycles. The van der Waals surface area contributed by atoms with E-state index >= 15 is 0 Å². The lowest BCUT2D eigenvalue weighted by atomic mass is 9.87. The molecule has 0 aromatic carbocycles. The van der Waals surface area contributed by atoms with Crippen molar-refractivity contribution in [2.75, 3.05) is 31.9 Å². The van der Waals surface area contributed by atoms with Gasteiger partial charge in [-0.1, -0.05) is 11.3 Å². The number of aryl methyl sites for hydroxylation is 1. The summed E-state index contributed by atoms with van der Waals surface area (Å²) in [6.45, 7) is 11.0. The van der Waals surface area contributed by atoms with Crippen LogP contribution in [0.3, 0.4) is 0 Å². The summed E-state index contributed by atoms with van der Waals surface area (Å²) in [6, 6.07) is 4.37. The van der Waals surface area contributed by atoms with Crippen LogP contribution in [0.5, 0.6) is 0 Å². The van der Waals surface area contributed by atoms with Crippen molar-refractivity contribution in [2.24, 2.45) is 4.99 Å². The fraction of sp³-hybridized carbons (Fsp3) is 0.600. The van der Waals surface area contributed by atoms with Gasteiger partial charge in [-0.05, 0) is 72.1 Å². The summed E-state index contributed by atoms with van der Waals surface area (Å²) in [5.74, 6) is 0.996. The average Bonchev–Trinajstić information content (AvgIpc) is 3.24. The Hall–Kier alpha value is -2.52. The van der Waals surface area contributed by atoms with Crippen molar-refractivity contribution >= 4 is 44.2 Å². The second kappa shape index (κ2) is 8.61. The topological polar surface area (TPSA) is 95.1 Å². The van der Waals surface area contributed by atoms with E-state index in [4.69, 9.17) is 10.7 Å². The van der Waals surface area contributed by atoms with E-state index in [9.17, 15) is 9.59 Å². The van der Waals surface area contributed by atoms with Crippen molar-refractivity contribution in [2.45, 2.75) is 71.0 Å². The Labute approximate surface area is 204 Å². The van der Waals surface area contributed by atoms with Crippen LogP contribution in [0, 0.1) is 6.92 Å². The summed E-state index contributed by atoms with van der Waals surface area (Å²) in [7, 11) is 0. The Morgan fingerprint density at radius 3 is 2.62 bits per heavy atom. The molecule has 182 valence electrons. The molecule has 2 aromatic heterocycles. The third kappa shape index (κ3) is 3.79. The van der Waals surface area contributed by atoms with Crippen LogP contribution in [0.4, 0.5) is 5.00 Å². The average molecular weight is 483 g/mol. The van der Waals surface area contributed by atoms with Crippen LogP contribution in [0.2, 0.25) is 0 Å². The van der Waals surface area contributed by atoms with Gasteiger partial charge in [-0.15, -0.1) is 0 Å². The zero-order valence-electron chi connectivity index (χ0n) is 20.5. The standard InChI is InChI=1S/C25H34N6O2S/c1-15(2)31-17(4)28-25(24(31)33)10-5-11-30(14-25)18-8-12-29(13-9-18)23(32)20-19-7-6-16(3)27-22(19)34-21(20)26/h6-7,15,18H,5,8-14,26H2,1-4H3. The van der Waals surface area contributed by atoms with Crippen LogP contribution >= 0.6 is 11.3 Å². The second-order valence-electron chi connectivity index (χ2n) is 10.2. The van der Waals surface area contributed by atoms with E-state index in [0.717, 1.165) is 54.0 Å². The Morgan fingerprint density at radius 1 is 1.21 bits per heavy atom. The van der Waals surface area contributed by atoms with Crippen LogP contribution in [-0.2, 0) is 4.79 Å². The lowest BCUT2D eigenvalue weighted by Crippen LogP contribution is -2.58. The lowest BCUT2D eigenvalue weighted by molar-refractivity contribution is -0.134. The number of pyridine rings is 1. The van der Waals surface area contributed by atoms with Crippen LogP contribution in [0.15, 0.2) is 17.1 Å². The number of anilines is 1. The quantitative estimate of drug-likeness (QED) is 0.724. The number of hydrogen-bond donors (Lipinski definition) is 1. The number of carbonyl (C=O) groups excluding carboxylic acids is 2. The maximum atomic E-state index is 13.4. The predicted molar refractivity (Wildman–Crippen MR) is 136 cm³/mol. The van der Waals surface area contributed by atoms with Gasteiger partial charge in [-0.3, -0.25) is 24.4 Å². The first-order chi connectivity index (χ1) is 16.2. The number of thiophene rings is 1. The number of aliphatic imine (C=N–C) groups is 1. The first-order valence-corrected chi connectivity index (χ1v) is 13.1. The van der Waals surface area contributed by atoms with Crippen LogP contribution in [-0.4, -0.2) is 81.1 Å². The number of carbonyl (C=O) groups is 2. The van der Waals surface area contributed by atoms with E-state index in [1.165, 1.54) is 11.3 Å². The zero-order chi connectivity index (χ0) is 24.2. The molecule has 1 atom stereocenters. The first kappa shape index (κ1) is 23.2. The number of nitrogens with two attached hydrogens (primary N) is 1. The molecule has 1 spiro atoms. The largest absolute Gasteiger partial charge is 0.390 e. The summed E-state index contributed by atoms with van der Waals surface area (Å²) in [5.41, 5.74) is 7.14. The van der Waals surface area contributed by atoms with Gasteiger partial charge in [0, 0.05) is 42.8 Å². The van der Waals surface area contributed by atoms with Crippen molar-refractivity contribution in [3.8, 4) is 0 Å². The van der Waals surface area contributed by atoms with Crippen LogP contribution in [0.25, 0.3) is 10.2 Å². The number of amidine groups is 1. The van der Waals surface area contributed by atoms with E-state index in [2.05, 4.69) is 9.88 Å². The van der Waals surface area contributed by atoms with Crippen LogP contribution in [0.1, 0.15) is 62.5 Å². The van der Waals surface area contributed by atoms with Gasteiger partial charge in [-0.25, -0.2) is 4.98 Å². The molecule has 2 fully saturated rings. The molecule has 9 heteroatoms. The summed E-state index contributed by atoms with van der Waals surface area (Å²) in [4.78, 5) is 43.2. The molecule has 0 aliphatic carbocycles. The van der Waals surface area contributed by atoms with Gasteiger partial charge in [0.2, 0.25) is 0 Å². The van der Waals surface area contributed by atoms with E-state index in [-0.39, 0.29) is 17.9 Å². The van der Waals surface area contributed by atoms with Crippen molar-refractivity contribution < 1.29 is 9.59 Å². The van der Waals surface area contributed by atoms with Gasteiger partial charge in [0.15, 0.2) is 5.54 Å². The highest BCUT2D eigenvalue weighted by molar-refractivity contribution is 7.22. The fourth-order valence-electron chi connectivity index (χ4n) is 5.94. The SMILES string of the molecule is CC1=NC2(CCCN(C3CCN(C(=O)c4c(N)sc5nc(C)ccc45)CC3)C2)C(=O)N1C(C)C. The highest BCUT2D eigenvalue weighted by Gasteiger charge is 2.51. The number of nitrogens with zero attached hydrogens (tertiary/aromatic N) is 5. The minimum atomic E-state index is -0.630. The van der Waals surface area contributed by atoms with Gasteiger partial charge in [0.05, 0.1) is 5.56 Å². The van der Waals surface area contributed by atoms with Gasteiger partial charge < -0.3 is 10.6 Å². The monoisotopic (exact) mass is 482 g/mol.